The second-order valence-electron chi connectivity index (χ2n) is 5.46. The summed E-state index contributed by atoms with van der Waals surface area (Å²) in [5.74, 6) is -0.0264. The molecular formula is C15H22ClN3O3S. The molecule has 1 heterocycles. The van der Waals surface area contributed by atoms with E-state index in [2.05, 4.69) is 5.32 Å². The average Bonchev–Trinajstić information content (AvgIpc) is 2.55. The maximum absolute atomic E-state index is 12.6. The van der Waals surface area contributed by atoms with Crippen molar-refractivity contribution in [2.75, 3.05) is 32.7 Å². The van der Waals surface area contributed by atoms with E-state index in [1.807, 2.05) is 18.7 Å². The fourth-order valence-electron chi connectivity index (χ4n) is 2.57. The quantitative estimate of drug-likeness (QED) is 0.856. The maximum Gasteiger partial charge on any atom is 0.243 e. The molecule has 0 spiro atoms. The lowest BCUT2D eigenvalue weighted by atomic mass is 10.2. The summed E-state index contributed by atoms with van der Waals surface area (Å²) in [6, 6.07) is 5.92. The molecule has 1 atom stereocenters. The van der Waals surface area contributed by atoms with E-state index in [1.54, 1.807) is 12.1 Å². The molecule has 1 saturated heterocycles. The second-order valence-corrected chi connectivity index (χ2v) is 7.84. The Morgan fingerprint density at radius 1 is 1.22 bits per heavy atom. The summed E-state index contributed by atoms with van der Waals surface area (Å²) in [6.45, 7) is 6.11. The molecule has 8 heteroatoms. The summed E-state index contributed by atoms with van der Waals surface area (Å²) in [6.07, 6.45) is 0. The highest BCUT2D eigenvalue weighted by Crippen LogP contribution is 2.20. The molecule has 0 bridgehead atoms. The van der Waals surface area contributed by atoms with Crippen molar-refractivity contribution in [2.24, 2.45) is 0 Å². The van der Waals surface area contributed by atoms with Gasteiger partial charge in [0.05, 0.1) is 10.9 Å². The normalized spacial score (nSPS) is 18.6. The maximum atomic E-state index is 12.6. The topological polar surface area (TPSA) is 69.7 Å². The number of benzene rings is 1. The number of nitrogens with one attached hydrogen (secondary N) is 1. The molecule has 128 valence electrons. The van der Waals surface area contributed by atoms with Crippen molar-refractivity contribution in [3.63, 3.8) is 0 Å². The molecule has 0 radical (unpaired) electrons. The number of amides is 1. The first-order valence-corrected chi connectivity index (χ1v) is 9.45. The third-order valence-corrected chi connectivity index (χ3v) is 6.17. The lowest BCUT2D eigenvalue weighted by Crippen LogP contribution is -2.54. The Morgan fingerprint density at radius 2 is 1.78 bits per heavy atom. The number of piperazine rings is 1. The highest BCUT2D eigenvalue weighted by molar-refractivity contribution is 7.89. The lowest BCUT2D eigenvalue weighted by Gasteiger charge is -2.36. The van der Waals surface area contributed by atoms with E-state index in [-0.39, 0.29) is 16.8 Å². The Bertz CT molecular complexity index is 640. The van der Waals surface area contributed by atoms with Crippen LogP contribution in [0.4, 0.5) is 0 Å². The highest BCUT2D eigenvalue weighted by Gasteiger charge is 2.31. The molecule has 0 saturated carbocycles. The third-order valence-electron chi connectivity index (χ3n) is 4.00. The monoisotopic (exact) mass is 359 g/mol. The number of likely N-dealkylation sites (N-methyl/N-ethyl adjacent to an activating group) is 1. The number of sulfonamides is 1. The van der Waals surface area contributed by atoms with E-state index in [0.29, 0.717) is 37.7 Å². The van der Waals surface area contributed by atoms with Gasteiger partial charge in [0.1, 0.15) is 0 Å². The zero-order valence-corrected chi connectivity index (χ0v) is 14.9. The van der Waals surface area contributed by atoms with Gasteiger partial charge in [-0.2, -0.15) is 4.31 Å². The fourth-order valence-corrected chi connectivity index (χ4v) is 4.12. The molecule has 0 unspecified atom stereocenters. The van der Waals surface area contributed by atoms with Crippen LogP contribution in [0.3, 0.4) is 0 Å². The molecule has 1 aromatic carbocycles. The number of halogens is 1. The lowest BCUT2D eigenvalue weighted by molar-refractivity contribution is -0.126. The predicted molar refractivity (Wildman–Crippen MR) is 89.9 cm³/mol. The van der Waals surface area contributed by atoms with Crippen LogP contribution in [0.1, 0.15) is 13.8 Å². The summed E-state index contributed by atoms with van der Waals surface area (Å²) in [5, 5.41) is 3.29. The summed E-state index contributed by atoms with van der Waals surface area (Å²) < 4.78 is 26.6. The first kappa shape index (κ1) is 18.2. The van der Waals surface area contributed by atoms with Gasteiger partial charge in [0.25, 0.3) is 0 Å². The first-order chi connectivity index (χ1) is 10.9. The minimum Gasteiger partial charge on any atom is -0.355 e. The molecule has 2 rings (SSSR count). The van der Waals surface area contributed by atoms with E-state index in [4.69, 9.17) is 11.6 Å². The van der Waals surface area contributed by atoms with Crippen molar-refractivity contribution in [1.82, 2.24) is 14.5 Å². The molecular weight excluding hydrogens is 338 g/mol. The molecule has 6 nitrogen and oxygen atoms in total. The predicted octanol–water partition coefficient (Wildman–Crippen LogP) is 1.17. The van der Waals surface area contributed by atoms with E-state index in [0.717, 1.165) is 0 Å². The molecule has 1 fully saturated rings. The van der Waals surface area contributed by atoms with Gasteiger partial charge in [-0.1, -0.05) is 11.6 Å². The number of carbonyl (C=O) groups excluding carboxylic acids is 1. The molecule has 1 aliphatic heterocycles. The third kappa shape index (κ3) is 4.23. The van der Waals surface area contributed by atoms with Crippen molar-refractivity contribution < 1.29 is 13.2 Å². The molecule has 1 amide bonds. The number of nitrogens with zero attached hydrogens (tertiary/aromatic N) is 2. The summed E-state index contributed by atoms with van der Waals surface area (Å²) in [4.78, 5) is 14.1. The van der Waals surface area contributed by atoms with E-state index in [9.17, 15) is 13.2 Å². The van der Waals surface area contributed by atoms with Gasteiger partial charge in [-0.25, -0.2) is 8.42 Å². The van der Waals surface area contributed by atoms with Gasteiger partial charge in [-0.15, -0.1) is 0 Å². The molecule has 1 aromatic rings. The molecule has 23 heavy (non-hydrogen) atoms. The highest BCUT2D eigenvalue weighted by atomic mass is 35.5. The first-order valence-electron chi connectivity index (χ1n) is 7.63. The number of carbonyl (C=O) groups is 1. The van der Waals surface area contributed by atoms with Gasteiger partial charge >= 0.3 is 0 Å². The van der Waals surface area contributed by atoms with Gasteiger partial charge in [-0.3, -0.25) is 9.69 Å². The van der Waals surface area contributed by atoms with Crippen LogP contribution in [-0.4, -0.2) is 62.3 Å². The Morgan fingerprint density at radius 3 is 2.30 bits per heavy atom. The fraction of sp³-hybridized carbons (Fsp3) is 0.533. The largest absolute Gasteiger partial charge is 0.355 e. The smallest absolute Gasteiger partial charge is 0.243 e. The Kier molecular flexibility index (Phi) is 6.02. The second kappa shape index (κ2) is 7.61. The van der Waals surface area contributed by atoms with E-state index >= 15 is 0 Å². The van der Waals surface area contributed by atoms with Crippen LogP contribution in [0.15, 0.2) is 29.2 Å². The van der Waals surface area contributed by atoms with Gasteiger partial charge in [0.2, 0.25) is 15.9 Å². The van der Waals surface area contributed by atoms with Crippen LogP contribution >= 0.6 is 11.6 Å². The Labute approximate surface area is 142 Å². The molecule has 0 aromatic heterocycles. The van der Waals surface area contributed by atoms with Crippen molar-refractivity contribution in [3.05, 3.63) is 29.3 Å². The zero-order chi connectivity index (χ0) is 17.0. The van der Waals surface area contributed by atoms with E-state index < -0.39 is 10.0 Å². The van der Waals surface area contributed by atoms with Gasteiger partial charge in [0.15, 0.2) is 0 Å². The van der Waals surface area contributed by atoms with Crippen molar-refractivity contribution in [1.29, 1.82) is 0 Å². The van der Waals surface area contributed by atoms with Gasteiger partial charge < -0.3 is 5.32 Å². The standard InChI is InChI=1S/C15H22ClN3O3S/c1-3-17-15(20)12(2)18-8-10-19(11-9-18)23(21,22)14-6-4-13(16)5-7-14/h4-7,12H,3,8-11H2,1-2H3,(H,17,20)/t12-/m1/s1. The van der Waals surface area contributed by atoms with Crippen molar-refractivity contribution in [2.45, 2.75) is 24.8 Å². The van der Waals surface area contributed by atoms with Gasteiger partial charge in [0, 0.05) is 37.7 Å². The summed E-state index contributed by atoms with van der Waals surface area (Å²) in [7, 11) is -3.51. The molecule has 1 aliphatic rings. The number of hydrogen-bond donors (Lipinski definition) is 1. The minimum atomic E-state index is -3.51. The van der Waals surface area contributed by atoms with Crippen LogP contribution in [0.2, 0.25) is 5.02 Å². The zero-order valence-electron chi connectivity index (χ0n) is 13.3. The minimum absolute atomic E-state index is 0.0264. The molecule has 0 aliphatic carbocycles. The van der Waals surface area contributed by atoms with Crippen molar-refractivity contribution in [3.8, 4) is 0 Å². The van der Waals surface area contributed by atoms with Crippen LogP contribution in [0.5, 0.6) is 0 Å². The van der Waals surface area contributed by atoms with Crippen LogP contribution in [0, 0.1) is 0 Å². The Balaban J connectivity index is 2.01. The van der Waals surface area contributed by atoms with Gasteiger partial charge in [-0.05, 0) is 38.1 Å². The summed E-state index contributed by atoms with van der Waals surface area (Å²) >= 11 is 5.80. The Hall–Kier alpha value is -1.15. The SMILES string of the molecule is CCNC(=O)[C@@H](C)N1CCN(S(=O)(=O)c2ccc(Cl)cc2)CC1. The number of rotatable bonds is 5. The summed E-state index contributed by atoms with van der Waals surface area (Å²) in [5.41, 5.74) is 0. The van der Waals surface area contributed by atoms with Crippen LogP contribution in [0.25, 0.3) is 0 Å². The van der Waals surface area contributed by atoms with Crippen LogP contribution in [-0.2, 0) is 14.8 Å². The number of hydrogen-bond acceptors (Lipinski definition) is 4. The van der Waals surface area contributed by atoms with Crippen molar-refractivity contribution >= 4 is 27.5 Å². The van der Waals surface area contributed by atoms with E-state index in [1.165, 1.54) is 16.4 Å². The average molecular weight is 360 g/mol. The van der Waals surface area contributed by atoms with Crippen LogP contribution < -0.4 is 5.32 Å². The molecule has 1 N–H and O–H groups in total.